The van der Waals surface area contributed by atoms with Crippen molar-refractivity contribution in [3.05, 3.63) is 28.3 Å². The molecule has 0 aliphatic carbocycles. The van der Waals surface area contributed by atoms with E-state index in [0.29, 0.717) is 12.1 Å². The van der Waals surface area contributed by atoms with Gasteiger partial charge in [0.1, 0.15) is 9.79 Å². The van der Waals surface area contributed by atoms with Crippen molar-refractivity contribution >= 4 is 45.2 Å². The zero-order chi connectivity index (χ0) is 13.4. The van der Waals surface area contributed by atoms with Crippen LogP contribution in [-0.2, 0) is 18.1 Å². The molecule has 1 aromatic carbocycles. The number of hydrogen-bond donors (Lipinski definition) is 0. The molecule has 0 aliphatic rings. The third-order valence-corrected chi connectivity index (χ3v) is 4.53. The maximum absolute atomic E-state index is 11.1. The number of non-ortho nitro benzene ring substituents is 1. The summed E-state index contributed by atoms with van der Waals surface area (Å²) >= 11 is 0. The van der Waals surface area contributed by atoms with Crippen molar-refractivity contribution in [3.63, 3.8) is 0 Å². The molecular weight excluding hydrogens is 317 g/mol. The van der Waals surface area contributed by atoms with Gasteiger partial charge in [0.2, 0.25) is 0 Å². The molecule has 0 spiro atoms. The van der Waals surface area contributed by atoms with Crippen LogP contribution in [0.3, 0.4) is 0 Å². The summed E-state index contributed by atoms with van der Waals surface area (Å²) in [5, 5.41) is 10.4. The number of rotatable bonds is 3. The van der Waals surface area contributed by atoms with Gasteiger partial charge in [0, 0.05) is 33.5 Å². The maximum Gasteiger partial charge on any atom is 0.270 e. The van der Waals surface area contributed by atoms with Crippen molar-refractivity contribution in [2.75, 3.05) is 0 Å². The van der Waals surface area contributed by atoms with Crippen LogP contribution in [0.1, 0.15) is 0 Å². The van der Waals surface area contributed by atoms with Gasteiger partial charge in [-0.15, -0.1) is 0 Å². The quantitative estimate of drug-likeness (QED) is 0.473. The van der Waals surface area contributed by atoms with Crippen molar-refractivity contribution in [1.82, 2.24) is 0 Å². The zero-order valence-electron chi connectivity index (χ0n) is 7.70. The topological polar surface area (TPSA) is 111 Å². The SMILES string of the molecule is O=[N+]([O-])c1ccc(S(=O)(=O)Cl)c(S(=O)(=O)Cl)c1. The summed E-state index contributed by atoms with van der Waals surface area (Å²) in [6, 6.07) is 2.04. The lowest BCUT2D eigenvalue weighted by atomic mass is 10.3. The Bertz CT molecular complexity index is 680. The van der Waals surface area contributed by atoms with Crippen molar-refractivity contribution < 1.29 is 21.8 Å². The molecule has 94 valence electrons. The second-order valence-corrected chi connectivity index (χ2v) is 7.83. The van der Waals surface area contributed by atoms with Crippen molar-refractivity contribution in [1.29, 1.82) is 0 Å². The highest BCUT2D eigenvalue weighted by atomic mass is 35.7. The zero-order valence-corrected chi connectivity index (χ0v) is 10.8. The Hall–Kier alpha value is -0.900. The first-order chi connectivity index (χ1) is 7.53. The molecule has 0 saturated carbocycles. The van der Waals surface area contributed by atoms with Gasteiger partial charge in [-0.05, 0) is 6.07 Å². The van der Waals surface area contributed by atoms with E-state index < -0.39 is 38.5 Å². The highest BCUT2D eigenvalue weighted by Crippen LogP contribution is 2.30. The predicted molar refractivity (Wildman–Crippen MR) is 59.2 cm³/mol. The molecule has 0 unspecified atom stereocenters. The minimum absolute atomic E-state index is 0.525. The van der Waals surface area contributed by atoms with Gasteiger partial charge >= 0.3 is 0 Å². The second-order valence-electron chi connectivity index (χ2n) is 2.76. The molecule has 0 radical (unpaired) electrons. The van der Waals surface area contributed by atoms with Gasteiger partial charge in [-0.2, -0.15) is 0 Å². The van der Waals surface area contributed by atoms with Crippen LogP contribution >= 0.6 is 21.4 Å². The lowest BCUT2D eigenvalue weighted by molar-refractivity contribution is -0.385. The van der Waals surface area contributed by atoms with Crippen LogP contribution in [-0.4, -0.2) is 21.8 Å². The Kier molecular flexibility index (Phi) is 3.67. The summed E-state index contributed by atoms with van der Waals surface area (Å²) in [6.07, 6.45) is 0. The molecule has 1 aromatic rings. The Morgan fingerprint density at radius 2 is 1.47 bits per heavy atom. The highest BCUT2D eigenvalue weighted by molar-refractivity contribution is 8.16. The van der Waals surface area contributed by atoms with Crippen LogP contribution in [0, 0.1) is 10.1 Å². The normalized spacial score (nSPS) is 12.4. The van der Waals surface area contributed by atoms with Crippen LogP contribution in [0.15, 0.2) is 28.0 Å². The van der Waals surface area contributed by atoms with E-state index in [2.05, 4.69) is 0 Å². The molecule has 0 N–H and O–H groups in total. The summed E-state index contributed by atoms with van der Waals surface area (Å²) in [4.78, 5) is 7.80. The van der Waals surface area contributed by atoms with Crippen molar-refractivity contribution in [2.24, 2.45) is 0 Å². The second kappa shape index (κ2) is 4.41. The molecule has 0 bridgehead atoms. The van der Waals surface area contributed by atoms with E-state index in [4.69, 9.17) is 21.4 Å². The van der Waals surface area contributed by atoms with Gasteiger partial charge in [0.05, 0.1) is 4.92 Å². The number of nitrogens with zero attached hydrogens (tertiary/aromatic N) is 1. The molecule has 0 amide bonds. The van der Waals surface area contributed by atoms with Crippen molar-refractivity contribution in [3.8, 4) is 0 Å². The van der Waals surface area contributed by atoms with E-state index >= 15 is 0 Å². The predicted octanol–water partition coefficient (Wildman–Crippen LogP) is 1.45. The number of benzene rings is 1. The fourth-order valence-electron chi connectivity index (χ4n) is 1.00. The number of hydrogen-bond acceptors (Lipinski definition) is 6. The van der Waals surface area contributed by atoms with E-state index in [0.717, 1.165) is 6.07 Å². The molecule has 0 saturated heterocycles. The summed E-state index contributed by atoms with van der Waals surface area (Å²) in [7, 11) is 1.11. The summed E-state index contributed by atoms with van der Waals surface area (Å²) in [5.41, 5.74) is -0.617. The van der Waals surface area contributed by atoms with Gasteiger partial charge in [0.15, 0.2) is 0 Å². The Labute approximate surface area is 105 Å². The first-order valence-corrected chi connectivity index (χ1v) is 8.33. The number of nitro benzene ring substituents is 1. The van der Waals surface area contributed by atoms with Crippen LogP contribution in [0.5, 0.6) is 0 Å². The molecule has 7 nitrogen and oxygen atoms in total. The average molecular weight is 320 g/mol. The van der Waals surface area contributed by atoms with Gasteiger partial charge in [-0.1, -0.05) is 0 Å². The highest BCUT2D eigenvalue weighted by Gasteiger charge is 2.26. The minimum Gasteiger partial charge on any atom is -0.258 e. The third kappa shape index (κ3) is 3.28. The lowest BCUT2D eigenvalue weighted by Crippen LogP contribution is -2.02. The van der Waals surface area contributed by atoms with E-state index in [1.807, 2.05) is 0 Å². The number of nitro groups is 1. The maximum atomic E-state index is 11.1. The average Bonchev–Trinajstić information content (AvgIpc) is 2.14. The summed E-state index contributed by atoms with van der Waals surface area (Å²) in [6.45, 7) is 0. The standard InChI is InChI=1S/C6H3Cl2NO6S2/c7-16(12,13)5-2-1-4(9(10)11)3-6(5)17(8,14)15/h1-3H. The van der Waals surface area contributed by atoms with Crippen LogP contribution in [0.2, 0.25) is 0 Å². The molecule has 0 aliphatic heterocycles. The van der Waals surface area contributed by atoms with E-state index in [-0.39, 0.29) is 0 Å². The molecular formula is C6H3Cl2NO6S2. The summed E-state index contributed by atoms with van der Waals surface area (Å²) < 4.78 is 44.3. The Morgan fingerprint density at radius 3 is 1.82 bits per heavy atom. The number of halogens is 2. The largest absolute Gasteiger partial charge is 0.270 e. The smallest absolute Gasteiger partial charge is 0.258 e. The fraction of sp³-hybridized carbons (Fsp3) is 0. The molecule has 11 heteroatoms. The van der Waals surface area contributed by atoms with E-state index in [1.165, 1.54) is 0 Å². The van der Waals surface area contributed by atoms with Gasteiger partial charge in [0.25, 0.3) is 23.8 Å². The molecule has 0 aromatic heterocycles. The first-order valence-electron chi connectivity index (χ1n) is 3.71. The van der Waals surface area contributed by atoms with E-state index in [1.54, 1.807) is 0 Å². The Balaban J connectivity index is 3.73. The molecule has 1 rings (SSSR count). The third-order valence-electron chi connectivity index (χ3n) is 1.66. The fourth-order valence-corrected chi connectivity index (χ4v) is 3.82. The molecule has 0 fully saturated rings. The minimum atomic E-state index is -4.47. The summed E-state index contributed by atoms with van der Waals surface area (Å²) in [5.74, 6) is 0. The van der Waals surface area contributed by atoms with Gasteiger partial charge in [-0.3, -0.25) is 10.1 Å². The monoisotopic (exact) mass is 319 g/mol. The van der Waals surface area contributed by atoms with Crippen LogP contribution in [0.25, 0.3) is 0 Å². The molecule has 17 heavy (non-hydrogen) atoms. The van der Waals surface area contributed by atoms with Gasteiger partial charge < -0.3 is 0 Å². The first kappa shape index (κ1) is 14.2. The van der Waals surface area contributed by atoms with Gasteiger partial charge in [-0.25, -0.2) is 16.8 Å². The lowest BCUT2D eigenvalue weighted by Gasteiger charge is -2.02. The van der Waals surface area contributed by atoms with Crippen LogP contribution in [0.4, 0.5) is 5.69 Å². The van der Waals surface area contributed by atoms with E-state index in [9.17, 15) is 26.9 Å². The molecule has 0 heterocycles. The Morgan fingerprint density at radius 1 is 1.00 bits per heavy atom. The van der Waals surface area contributed by atoms with Crippen molar-refractivity contribution in [2.45, 2.75) is 9.79 Å². The van der Waals surface area contributed by atoms with Crippen LogP contribution < -0.4 is 0 Å². The molecule has 0 atom stereocenters.